The van der Waals surface area contributed by atoms with Crippen LogP contribution in [0.3, 0.4) is 0 Å². The summed E-state index contributed by atoms with van der Waals surface area (Å²) in [6, 6.07) is 12.5. The van der Waals surface area contributed by atoms with E-state index in [-0.39, 0.29) is 35.8 Å². The van der Waals surface area contributed by atoms with Crippen LogP contribution in [-0.4, -0.2) is 23.5 Å². The fourth-order valence-electron chi connectivity index (χ4n) is 5.25. The molecule has 0 radical (unpaired) electrons. The van der Waals surface area contributed by atoms with Gasteiger partial charge in [0.05, 0.1) is 0 Å². The molecular formula is C25H28F2N2O2. The van der Waals surface area contributed by atoms with Crippen LogP contribution < -0.4 is 15.4 Å². The molecule has 2 aromatic rings. The topological polar surface area (TPSA) is 50.4 Å². The molecule has 31 heavy (non-hydrogen) atoms. The Kier molecular flexibility index (Phi) is 5.42. The van der Waals surface area contributed by atoms with Crippen molar-refractivity contribution in [2.24, 2.45) is 0 Å². The Bertz CT molecular complexity index is 957. The number of benzene rings is 2. The molecule has 4 nitrogen and oxygen atoms in total. The average Bonchev–Trinajstić information content (AvgIpc) is 3.43. The zero-order valence-electron chi connectivity index (χ0n) is 17.5. The molecule has 1 aliphatic heterocycles. The van der Waals surface area contributed by atoms with Gasteiger partial charge in [0.1, 0.15) is 12.4 Å². The van der Waals surface area contributed by atoms with Crippen LogP contribution in [0.4, 0.5) is 8.78 Å². The maximum absolute atomic E-state index is 14.6. The van der Waals surface area contributed by atoms with Gasteiger partial charge in [-0.1, -0.05) is 30.3 Å². The third-order valence-electron chi connectivity index (χ3n) is 7.08. The maximum atomic E-state index is 14.6. The SMILES string of the molecule is O=C1CCC2(CCC(NC3CC3c3cc(F)cc(F)c3OCc3ccccc3)CC2)N1. The number of carbonyl (C=O) groups is 1. The van der Waals surface area contributed by atoms with E-state index < -0.39 is 11.6 Å². The summed E-state index contributed by atoms with van der Waals surface area (Å²) in [6.07, 6.45) is 6.44. The Balaban J connectivity index is 1.22. The van der Waals surface area contributed by atoms with E-state index in [0.717, 1.165) is 50.2 Å². The zero-order chi connectivity index (χ0) is 21.4. The first kappa shape index (κ1) is 20.4. The third-order valence-corrected chi connectivity index (χ3v) is 7.08. The average molecular weight is 427 g/mol. The minimum absolute atomic E-state index is 0.00233. The molecule has 1 amide bonds. The normalized spacial score (nSPS) is 29.7. The molecule has 1 heterocycles. The second-order valence-electron chi connectivity index (χ2n) is 9.30. The van der Waals surface area contributed by atoms with Crippen molar-refractivity contribution in [2.75, 3.05) is 0 Å². The van der Waals surface area contributed by atoms with E-state index in [9.17, 15) is 13.6 Å². The highest BCUT2D eigenvalue weighted by molar-refractivity contribution is 5.79. The predicted molar refractivity (Wildman–Crippen MR) is 114 cm³/mol. The molecule has 2 N–H and O–H groups in total. The highest BCUT2D eigenvalue weighted by Crippen LogP contribution is 2.47. The number of hydrogen-bond acceptors (Lipinski definition) is 3. The fraction of sp³-hybridized carbons (Fsp3) is 0.480. The van der Waals surface area contributed by atoms with E-state index in [1.807, 2.05) is 30.3 Å². The van der Waals surface area contributed by atoms with Gasteiger partial charge in [0.15, 0.2) is 11.6 Å². The Labute approximate surface area is 181 Å². The molecule has 1 saturated heterocycles. The van der Waals surface area contributed by atoms with Crippen LogP contribution in [0.15, 0.2) is 42.5 Å². The van der Waals surface area contributed by atoms with Crippen molar-refractivity contribution in [3.63, 3.8) is 0 Å². The Morgan fingerprint density at radius 3 is 2.58 bits per heavy atom. The molecule has 164 valence electrons. The Morgan fingerprint density at radius 2 is 1.87 bits per heavy atom. The monoisotopic (exact) mass is 426 g/mol. The van der Waals surface area contributed by atoms with Gasteiger partial charge in [0.25, 0.3) is 0 Å². The predicted octanol–water partition coefficient (Wildman–Crippen LogP) is 4.58. The minimum atomic E-state index is -0.645. The van der Waals surface area contributed by atoms with Gasteiger partial charge >= 0.3 is 0 Å². The van der Waals surface area contributed by atoms with Crippen LogP contribution in [-0.2, 0) is 11.4 Å². The number of halogens is 2. The number of rotatable bonds is 6. The van der Waals surface area contributed by atoms with E-state index in [0.29, 0.717) is 18.0 Å². The quantitative estimate of drug-likeness (QED) is 0.711. The van der Waals surface area contributed by atoms with Crippen LogP contribution >= 0.6 is 0 Å². The van der Waals surface area contributed by atoms with Gasteiger partial charge in [0.2, 0.25) is 5.91 Å². The largest absolute Gasteiger partial charge is 0.486 e. The van der Waals surface area contributed by atoms with Crippen LogP contribution in [0.5, 0.6) is 5.75 Å². The van der Waals surface area contributed by atoms with Gasteiger partial charge in [-0.2, -0.15) is 0 Å². The molecule has 6 heteroatoms. The lowest BCUT2D eigenvalue weighted by Crippen LogP contribution is -2.48. The molecule has 0 aromatic heterocycles. The lowest BCUT2D eigenvalue weighted by atomic mass is 9.78. The van der Waals surface area contributed by atoms with Crippen LogP contribution in [0.1, 0.15) is 62.0 Å². The molecule has 3 fully saturated rings. The lowest BCUT2D eigenvalue weighted by Gasteiger charge is -2.37. The molecule has 2 atom stereocenters. The molecule has 0 bridgehead atoms. The number of hydrogen-bond donors (Lipinski definition) is 2. The summed E-state index contributed by atoms with van der Waals surface area (Å²) in [5, 5.41) is 6.86. The van der Waals surface area contributed by atoms with Gasteiger partial charge < -0.3 is 15.4 Å². The number of ether oxygens (including phenoxy) is 1. The summed E-state index contributed by atoms with van der Waals surface area (Å²) in [7, 11) is 0. The van der Waals surface area contributed by atoms with Crippen molar-refractivity contribution < 1.29 is 18.3 Å². The van der Waals surface area contributed by atoms with Gasteiger partial charge in [0, 0.05) is 41.6 Å². The first-order valence-corrected chi connectivity index (χ1v) is 11.2. The van der Waals surface area contributed by atoms with E-state index in [4.69, 9.17) is 4.74 Å². The van der Waals surface area contributed by atoms with Gasteiger partial charge in [-0.3, -0.25) is 4.79 Å². The summed E-state index contributed by atoms with van der Waals surface area (Å²) >= 11 is 0. The molecule has 2 saturated carbocycles. The van der Waals surface area contributed by atoms with E-state index in [2.05, 4.69) is 10.6 Å². The molecule has 3 aliphatic rings. The number of nitrogens with one attached hydrogen (secondary N) is 2. The first-order valence-electron chi connectivity index (χ1n) is 11.2. The Morgan fingerprint density at radius 1 is 1.10 bits per heavy atom. The summed E-state index contributed by atoms with van der Waals surface area (Å²) in [6.45, 7) is 0.248. The van der Waals surface area contributed by atoms with Crippen LogP contribution in [0.2, 0.25) is 0 Å². The van der Waals surface area contributed by atoms with Crippen molar-refractivity contribution in [1.29, 1.82) is 0 Å². The fourth-order valence-corrected chi connectivity index (χ4v) is 5.25. The Hall–Kier alpha value is -2.47. The van der Waals surface area contributed by atoms with Gasteiger partial charge in [-0.15, -0.1) is 0 Å². The zero-order valence-corrected chi connectivity index (χ0v) is 17.5. The standard InChI is InChI=1S/C25H28F2N2O2/c26-17-12-20(24(21(27)13-17)31-15-16-4-2-1-3-5-16)19-14-22(19)28-18-6-9-25(10-7-18)11-8-23(30)29-25/h1-5,12-13,18-19,22,28H,6-11,14-15H2,(H,29,30). The van der Waals surface area contributed by atoms with Crippen LogP contribution in [0, 0.1) is 11.6 Å². The van der Waals surface area contributed by atoms with Crippen molar-refractivity contribution in [3.05, 3.63) is 65.2 Å². The second-order valence-corrected chi connectivity index (χ2v) is 9.30. The molecule has 2 aromatic carbocycles. The van der Waals surface area contributed by atoms with Crippen molar-refractivity contribution in [1.82, 2.24) is 10.6 Å². The van der Waals surface area contributed by atoms with Gasteiger partial charge in [-0.05, 0) is 50.2 Å². The van der Waals surface area contributed by atoms with E-state index in [1.54, 1.807) is 0 Å². The maximum Gasteiger partial charge on any atom is 0.220 e. The van der Waals surface area contributed by atoms with Crippen molar-refractivity contribution >= 4 is 5.91 Å². The summed E-state index contributed by atoms with van der Waals surface area (Å²) < 4.78 is 34.4. The molecular weight excluding hydrogens is 398 g/mol. The number of amides is 1. The number of carbonyl (C=O) groups excluding carboxylic acids is 1. The molecule has 2 unspecified atom stereocenters. The van der Waals surface area contributed by atoms with Crippen LogP contribution in [0.25, 0.3) is 0 Å². The molecule has 5 rings (SSSR count). The molecule has 2 aliphatic carbocycles. The summed E-state index contributed by atoms with van der Waals surface area (Å²) in [4.78, 5) is 11.6. The highest BCUT2D eigenvalue weighted by atomic mass is 19.1. The summed E-state index contributed by atoms with van der Waals surface area (Å²) in [5.74, 6) is -0.825. The third kappa shape index (κ3) is 4.45. The lowest BCUT2D eigenvalue weighted by molar-refractivity contribution is -0.120. The first-order chi connectivity index (χ1) is 15.0. The summed E-state index contributed by atoms with van der Waals surface area (Å²) in [5.41, 5.74) is 1.56. The highest BCUT2D eigenvalue weighted by Gasteiger charge is 2.45. The molecule has 1 spiro atoms. The second kappa shape index (κ2) is 8.23. The van der Waals surface area contributed by atoms with Crippen molar-refractivity contribution in [3.8, 4) is 5.75 Å². The van der Waals surface area contributed by atoms with E-state index >= 15 is 0 Å². The minimum Gasteiger partial charge on any atom is -0.486 e. The smallest absolute Gasteiger partial charge is 0.220 e. The van der Waals surface area contributed by atoms with E-state index in [1.165, 1.54) is 6.07 Å². The van der Waals surface area contributed by atoms with Crippen molar-refractivity contribution in [2.45, 2.75) is 75.1 Å². The van der Waals surface area contributed by atoms with Gasteiger partial charge in [-0.25, -0.2) is 8.78 Å².